The minimum atomic E-state index is -0.320. The fourth-order valence-corrected chi connectivity index (χ4v) is 3.66. The lowest BCUT2D eigenvalue weighted by Crippen LogP contribution is -2.18. The highest BCUT2D eigenvalue weighted by atomic mass is 32.1. The van der Waals surface area contributed by atoms with Gasteiger partial charge in [0.15, 0.2) is 0 Å². The van der Waals surface area contributed by atoms with Crippen LogP contribution in [0.5, 0.6) is 0 Å². The Balaban J connectivity index is 1.59. The van der Waals surface area contributed by atoms with Crippen LogP contribution in [-0.2, 0) is 0 Å². The number of carbonyl (C=O) groups excluding carboxylic acids is 1. The molecule has 0 spiro atoms. The van der Waals surface area contributed by atoms with Gasteiger partial charge in [-0.2, -0.15) is 5.10 Å². The predicted molar refractivity (Wildman–Crippen MR) is 104 cm³/mol. The lowest BCUT2D eigenvalue weighted by Gasteiger charge is -2.00. The number of hydrogen-bond acceptors (Lipinski definition) is 5. The first-order chi connectivity index (χ1) is 12.6. The van der Waals surface area contributed by atoms with Gasteiger partial charge in [-0.1, -0.05) is 29.8 Å². The Kier molecular flexibility index (Phi) is 4.10. The summed E-state index contributed by atoms with van der Waals surface area (Å²) in [7, 11) is 0. The van der Waals surface area contributed by atoms with Crippen molar-refractivity contribution in [2.75, 3.05) is 0 Å². The molecule has 0 fully saturated rings. The first-order valence-electron chi connectivity index (χ1n) is 7.95. The van der Waals surface area contributed by atoms with Crippen molar-refractivity contribution >= 4 is 44.5 Å². The first kappa shape index (κ1) is 16.2. The molecule has 0 atom stereocenters. The van der Waals surface area contributed by atoms with Gasteiger partial charge in [0.05, 0.1) is 22.7 Å². The number of fused-ring (bicyclic) bond motifs is 2. The molecule has 1 N–H and O–H groups in total. The smallest absolute Gasteiger partial charge is 0.272 e. The Morgan fingerprint density at radius 1 is 1.19 bits per heavy atom. The van der Waals surface area contributed by atoms with Gasteiger partial charge in [0.25, 0.3) is 5.91 Å². The maximum absolute atomic E-state index is 12.5. The van der Waals surface area contributed by atoms with Crippen LogP contribution in [-0.4, -0.2) is 12.1 Å². The number of benzene rings is 2. The lowest BCUT2D eigenvalue weighted by molar-refractivity contribution is 0.0957. The zero-order chi connectivity index (χ0) is 18.1. The van der Waals surface area contributed by atoms with Crippen LogP contribution in [0.4, 0.5) is 0 Å². The van der Waals surface area contributed by atoms with Gasteiger partial charge in [-0.05, 0) is 25.1 Å². The highest BCUT2D eigenvalue weighted by Gasteiger charge is 2.11. The molecule has 2 aromatic carbocycles. The maximum atomic E-state index is 12.5. The Bertz CT molecular complexity index is 1220. The third kappa shape index (κ3) is 2.91. The van der Waals surface area contributed by atoms with Gasteiger partial charge in [0, 0.05) is 15.5 Å². The Labute approximate surface area is 152 Å². The van der Waals surface area contributed by atoms with Crippen molar-refractivity contribution in [3.8, 4) is 0 Å². The number of rotatable bonds is 3. The molecule has 0 aliphatic heterocycles. The second kappa shape index (κ2) is 6.57. The Hall–Kier alpha value is -3.25. The standard InChI is InChI=1S/C20H14N2O3S/c1-12-6-7-17-15(8-12)19(23)13(10-25-17)9-21-22-20(24)16-11-26-18-5-3-2-4-14(16)18/h2-11H,1H3,(H,22,24). The zero-order valence-corrected chi connectivity index (χ0v) is 14.7. The van der Waals surface area contributed by atoms with Gasteiger partial charge in [-0.3, -0.25) is 9.59 Å². The molecular weight excluding hydrogens is 348 g/mol. The summed E-state index contributed by atoms with van der Waals surface area (Å²) in [5.41, 5.74) is 4.61. The molecule has 0 bridgehead atoms. The number of thiophene rings is 1. The Morgan fingerprint density at radius 2 is 2.04 bits per heavy atom. The molecule has 2 heterocycles. The second-order valence-electron chi connectivity index (χ2n) is 5.86. The number of aryl methyl sites for hydroxylation is 1. The van der Waals surface area contributed by atoms with Crippen LogP contribution in [0, 0.1) is 6.92 Å². The van der Waals surface area contributed by atoms with Crippen LogP contribution in [0.1, 0.15) is 21.5 Å². The van der Waals surface area contributed by atoms with E-state index in [1.807, 2.05) is 37.3 Å². The molecule has 6 heteroatoms. The summed E-state index contributed by atoms with van der Waals surface area (Å²) in [6.45, 7) is 1.91. The summed E-state index contributed by atoms with van der Waals surface area (Å²) in [4.78, 5) is 24.8. The first-order valence-corrected chi connectivity index (χ1v) is 8.83. The summed E-state index contributed by atoms with van der Waals surface area (Å²) in [5, 5.41) is 7.08. The molecule has 2 aromatic heterocycles. The average molecular weight is 362 g/mol. The summed E-state index contributed by atoms with van der Waals surface area (Å²) in [6, 6.07) is 13.1. The van der Waals surface area contributed by atoms with Crippen LogP contribution in [0.15, 0.2) is 68.4 Å². The number of hydrazone groups is 1. The van der Waals surface area contributed by atoms with Crippen molar-refractivity contribution in [1.82, 2.24) is 5.43 Å². The van der Waals surface area contributed by atoms with Crippen molar-refractivity contribution in [3.63, 3.8) is 0 Å². The van der Waals surface area contributed by atoms with Gasteiger partial charge in [0.2, 0.25) is 5.43 Å². The molecule has 0 aliphatic carbocycles. The average Bonchev–Trinajstić information content (AvgIpc) is 3.08. The molecule has 0 aliphatic rings. The van der Waals surface area contributed by atoms with Crippen molar-refractivity contribution in [2.24, 2.45) is 5.10 Å². The topological polar surface area (TPSA) is 71.7 Å². The van der Waals surface area contributed by atoms with Gasteiger partial charge in [0.1, 0.15) is 11.8 Å². The third-order valence-corrected chi connectivity index (χ3v) is 5.01. The van der Waals surface area contributed by atoms with E-state index in [1.54, 1.807) is 17.5 Å². The molecule has 26 heavy (non-hydrogen) atoms. The van der Waals surface area contributed by atoms with Gasteiger partial charge >= 0.3 is 0 Å². The highest BCUT2D eigenvalue weighted by Crippen LogP contribution is 2.25. The van der Waals surface area contributed by atoms with E-state index in [-0.39, 0.29) is 16.9 Å². The van der Waals surface area contributed by atoms with Crippen LogP contribution in [0.25, 0.3) is 21.1 Å². The SMILES string of the molecule is Cc1ccc2occ(C=NNC(=O)c3csc4ccccc34)c(=O)c2c1. The van der Waals surface area contributed by atoms with Crippen molar-refractivity contribution in [3.05, 3.63) is 81.0 Å². The lowest BCUT2D eigenvalue weighted by atomic mass is 10.1. The van der Waals surface area contributed by atoms with Crippen molar-refractivity contribution in [1.29, 1.82) is 0 Å². The predicted octanol–water partition coefficient (Wildman–Crippen LogP) is 4.08. The number of nitrogens with one attached hydrogen (secondary N) is 1. The van der Waals surface area contributed by atoms with Gasteiger partial charge in [-0.15, -0.1) is 11.3 Å². The normalized spacial score (nSPS) is 11.4. The van der Waals surface area contributed by atoms with E-state index >= 15 is 0 Å². The number of carbonyl (C=O) groups is 1. The number of hydrogen-bond donors (Lipinski definition) is 1. The zero-order valence-electron chi connectivity index (χ0n) is 13.9. The molecule has 128 valence electrons. The second-order valence-corrected chi connectivity index (χ2v) is 6.78. The molecule has 0 radical (unpaired) electrons. The molecule has 0 saturated carbocycles. The van der Waals surface area contributed by atoms with Gasteiger partial charge < -0.3 is 4.42 Å². The van der Waals surface area contributed by atoms with E-state index < -0.39 is 0 Å². The van der Waals surface area contributed by atoms with Crippen molar-refractivity contribution in [2.45, 2.75) is 6.92 Å². The third-order valence-electron chi connectivity index (χ3n) is 4.05. The van der Waals surface area contributed by atoms with E-state index in [0.29, 0.717) is 16.5 Å². The minimum absolute atomic E-state index is 0.186. The summed E-state index contributed by atoms with van der Waals surface area (Å²) >= 11 is 1.50. The summed E-state index contributed by atoms with van der Waals surface area (Å²) in [6.07, 6.45) is 2.65. The van der Waals surface area contributed by atoms with Crippen LogP contribution < -0.4 is 10.9 Å². The van der Waals surface area contributed by atoms with Crippen molar-refractivity contribution < 1.29 is 9.21 Å². The van der Waals surface area contributed by atoms with Gasteiger partial charge in [-0.25, -0.2) is 5.43 Å². The quantitative estimate of drug-likeness (QED) is 0.441. The van der Waals surface area contributed by atoms with E-state index in [0.717, 1.165) is 15.6 Å². The number of amides is 1. The number of nitrogens with zero attached hydrogens (tertiary/aromatic N) is 1. The van der Waals surface area contributed by atoms with Crippen LogP contribution >= 0.6 is 11.3 Å². The van der Waals surface area contributed by atoms with Crippen LogP contribution in [0.3, 0.4) is 0 Å². The molecule has 4 rings (SSSR count). The van der Waals surface area contributed by atoms with E-state index in [9.17, 15) is 9.59 Å². The molecule has 5 nitrogen and oxygen atoms in total. The fraction of sp³-hybridized carbons (Fsp3) is 0.0500. The monoisotopic (exact) mass is 362 g/mol. The maximum Gasteiger partial charge on any atom is 0.272 e. The molecular formula is C20H14N2O3S. The highest BCUT2D eigenvalue weighted by molar-refractivity contribution is 7.17. The summed E-state index contributed by atoms with van der Waals surface area (Å²) in [5.74, 6) is -0.320. The summed E-state index contributed by atoms with van der Waals surface area (Å²) < 4.78 is 6.50. The van der Waals surface area contributed by atoms with E-state index in [1.165, 1.54) is 23.8 Å². The van der Waals surface area contributed by atoms with E-state index in [4.69, 9.17) is 4.42 Å². The minimum Gasteiger partial charge on any atom is -0.463 e. The molecule has 0 saturated heterocycles. The van der Waals surface area contributed by atoms with Crippen LogP contribution in [0.2, 0.25) is 0 Å². The fourth-order valence-electron chi connectivity index (χ4n) is 2.72. The largest absolute Gasteiger partial charge is 0.463 e. The molecule has 0 unspecified atom stereocenters. The Morgan fingerprint density at radius 3 is 2.92 bits per heavy atom. The molecule has 1 amide bonds. The molecule has 4 aromatic rings. The van der Waals surface area contributed by atoms with E-state index in [2.05, 4.69) is 10.5 Å².